The lowest BCUT2D eigenvalue weighted by molar-refractivity contribution is 0.0590. The Kier molecular flexibility index (Phi) is 5.03. The van der Waals surface area contributed by atoms with Crippen LogP contribution in [-0.2, 0) is 9.47 Å². The molecule has 94 valence electrons. The van der Waals surface area contributed by atoms with Crippen LogP contribution in [0.3, 0.4) is 0 Å². The highest BCUT2D eigenvalue weighted by atomic mass is 16.5. The molecule has 0 bridgehead atoms. The predicted octanol–water partition coefficient (Wildman–Crippen LogP) is 0.476. The van der Waals surface area contributed by atoms with Crippen molar-refractivity contribution in [2.24, 2.45) is 0 Å². The van der Waals surface area contributed by atoms with Crippen LogP contribution in [0.15, 0.2) is 0 Å². The van der Waals surface area contributed by atoms with E-state index in [0.29, 0.717) is 12.1 Å². The summed E-state index contributed by atoms with van der Waals surface area (Å²) < 4.78 is 11.1. The summed E-state index contributed by atoms with van der Waals surface area (Å²) in [6.07, 6.45) is 2.74. The molecule has 4 heteroatoms. The summed E-state index contributed by atoms with van der Waals surface area (Å²) in [6.45, 7) is 9.25. The van der Waals surface area contributed by atoms with Crippen molar-refractivity contribution in [3.63, 3.8) is 0 Å². The Hall–Kier alpha value is -0.160. The van der Waals surface area contributed by atoms with Crippen LogP contribution in [0.4, 0.5) is 0 Å². The lowest BCUT2D eigenvalue weighted by atomic mass is 10.2. The first-order valence-electron chi connectivity index (χ1n) is 6.49. The summed E-state index contributed by atoms with van der Waals surface area (Å²) in [6, 6.07) is 0.549. The first-order chi connectivity index (χ1) is 7.84. The zero-order chi connectivity index (χ0) is 11.2. The Bertz CT molecular complexity index is 195. The minimum atomic E-state index is 0.387. The second kappa shape index (κ2) is 6.55. The second-order valence-corrected chi connectivity index (χ2v) is 4.85. The van der Waals surface area contributed by atoms with E-state index in [2.05, 4.69) is 17.1 Å². The molecule has 4 nitrogen and oxygen atoms in total. The van der Waals surface area contributed by atoms with Crippen LogP contribution in [0.1, 0.15) is 19.8 Å². The Balaban J connectivity index is 1.67. The summed E-state index contributed by atoms with van der Waals surface area (Å²) in [5, 5.41) is 3.50. The van der Waals surface area contributed by atoms with Gasteiger partial charge in [0.15, 0.2) is 0 Å². The van der Waals surface area contributed by atoms with E-state index in [1.165, 1.54) is 19.4 Å². The van der Waals surface area contributed by atoms with Crippen molar-refractivity contribution in [1.82, 2.24) is 10.2 Å². The van der Waals surface area contributed by atoms with Gasteiger partial charge in [-0.15, -0.1) is 0 Å². The predicted molar refractivity (Wildman–Crippen MR) is 63.7 cm³/mol. The van der Waals surface area contributed by atoms with Gasteiger partial charge >= 0.3 is 0 Å². The molecular weight excluding hydrogens is 204 g/mol. The minimum absolute atomic E-state index is 0.387. The van der Waals surface area contributed by atoms with Crippen molar-refractivity contribution in [3.8, 4) is 0 Å². The average Bonchev–Trinajstić information content (AvgIpc) is 2.52. The Labute approximate surface area is 98.3 Å². The molecule has 0 radical (unpaired) electrons. The van der Waals surface area contributed by atoms with E-state index in [1.54, 1.807) is 0 Å². The Morgan fingerprint density at radius 1 is 1.38 bits per heavy atom. The molecule has 0 amide bonds. The molecule has 2 fully saturated rings. The van der Waals surface area contributed by atoms with Crippen molar-refractivity contribution in [2.45, 2.75) is 31.9 Å². The maximum atomic E-state index is 5.64. The van der Waals surface area contributed by atoms with Gasteiger partial charge in [0.25, 0.3) is 0 Å². The topological polar surface area (TPSA) is 33.7 Å². The smallest absolute Gasteiger partial charge is 0.0673 e. The quantitative estimate of drug-likeness (QED) is 0.761. The molecule has 0 spiro atoms. The fourth-order valence-corrected chi connectivity index (χ4v) is 2.43. The molecule has 0 aromatic rings. The number of hydrogen-bond acceptors (Lipinski definition) is 4. The van der Waals surface area contributed by atoms with Crippen LogP contribution < -0.4 is 5.32 Å². The first-order valence-corrected chi connectivity index (χ1v) is 6.49. The van der Waals surface area contributed by atoms with E-state index >= 15 is 0 Å². The van der Waals surface area contributed by atoms with Gasteiger partial charge in [-0.05, 0) is 26.3 Å². The number of nitrogens with zero attached hydrogens (tertiary/aromatic N) is 1. The van der Waals surface area contributed by atoms with Crippen LogP contribution in [0.2, 0.25) is 0 Å². The van der Waals surface area contributed by atoms with Gasteiger partial charge in [0.1, 0.15) is 0 Å². The summed E-state index contributed by atoms with van der Waals surface area (Å²) >= 11 is 0. The summed E-state index contributed by atoms with van der Waals surface area (Å²) in [4.78, 5) is 2.52. The monoisotopic (exact) mass is 228 g/mol. The maximum absolute atomic E-state index is 5.64. The third-order valence-corrected chi connectivity index (χ3v) is 3.33. The van der Waals surface area contributed by atoms with Crippen LogP contribution >= 0.6 is 0 Å². The van der Waals surface area contributed by atoms with Crippen molar-refractivity contribution in [1.29, 1.82) is 0 Å². The molecule has 2 aliphatic heterocycles. The van der Waals surface area contributed by atoms with Gasteiger partial charge in [0.05, 0.1) is 19.3 Å². The lowest BCUT2D eigenvalue weighted by Crippen LogP contribution is -2.43. The van der Waals surface area contributed by atoms with Gasteiger partial charge in [-0.3, -0.25) is 0 Å². The third-order valence-electron chi connectivity index (χ3n) is 3.33. The van der Waals surface area contributed by atoms with Crippen LogP contribution in [0.25, 0.3) is 0 Å². The summed E-state index contributed by atoms with van der Waals surface area (Å²) in [5.74, 6) is 0. The molecule has 2 atom stereocenters. The first kappa shape index (κ1) is 12.3. The summed E-state index contributed by atoms with van der Waals surface area (Å²) in [5.41, 5.74) is 0. The van der Waals surface area contributed by atoms with E-state index in [4.69, 9.17) is 9.47 Å². The molecule has 16 heavy (non-hydrogen) atoms. The molecule has 1 N–H and O–H groups in total. The van der Waals surface area contributed by atoms with E-state index in [9.17, 15) is 0 Å². The zero-order valence-electron chi connectivity index (χ0n) is 10.3. The normalized spacial score (nSPS) is 33.6. The Morgan fingerprint density at radius 2 is 2.31 bits per heavy atom. The van der Waals surface area contributed by atoms with Gasteiger partial charge in [-0.2, -0.15) is 0 Å². The van der Waals surface area contributed by atoms with Gasteiger partial charge in [-0.25, -0.2) is 0 Å². The van der Waals surface area contributed by atoms with Gasteiger partial charge < -0.3 is 19.7 Å². The number of ether oxygens (including phenoxy) is 2. The second-order valence-electron chi connectivity index (χ2n) is 4.85. The molecule has 2 rings (SSSR count). The van der Waals surface area contributed by atoms with Crippen LogP contribution in [0.5, 0.6) is 0 Å². The van der Waals surface area contributed by atoms with Crippen LogP contribution in [0, 0.1) is 0 Å². The van der Waals surface area contributed by atoms with E-state index in [-0.39, 0.29) is 0 Å². The maximum Gasteiger partial charge on any atom is 0.0673 e. The Morgan fingerprint density at radius 3 is 3.12 bits per heavy atom. The highest BCUT2D eigenvalue weighted by molar-refractivity contribution is 4.74. The SMILES string of the molecule is CC1CN(CCC2COCCN2)CCCO1. The van der Waals surface area contributed by atoms with Crippen molar-refractivity contribution < 1.29 is 9.47 Å². The fourth-order valence-electron chi connectivity index (χ4n) is 2.43. The largest absolute Gasteiger partial charge is 0.379 e. The molecule has 2 unspecified atom stereocenters. The minimum Gasteiger partial charge on any atom is -0.379 e. The van der Waals surface area contributed by atoms with E-state index < -0.39 is 0 Å². The van der Waals surface area contributed by atoms with Gasteiger partial charge in [0, 0.05) is 32.3 Å². The van der Waals surface area contributed by atoms with E-state index in [1.807, 2.05) is 0 Å². The molecule has 0 aromatic heterocycles. The third kappa shape index (κ3) is 4.01. The fraction of sp³-hybridized carbons (Fsp3) is 1.00. The average molecular weight is 228 g/mol. The van der Waals surface area contributed by atoms with Crippen molar-refractivity contribution in [3.05, 3.63) is 0 Å². The molecule has 2 aliphatic rings. The zero-order valence-corrected chi connectivity index (χ0v) is 10.3. The van der Waals surface area contributed by atoms with E-state index in [0.717, 1.165) is 39.5 Å². The number of morpholine rings is 1. The van der Waals surface area contributed by atoms with Gasteiger partial charge in [0.2, 0.25) is 0 Å². The van der Waals surface area contributed by atoms with Gasteiger partial charge in [-0.1, -0.05) is 0 Å². The molecule has 2 saturated heterocycles. The number of hydrogen-bond donors (Lipinski definition) is 1. The standard InChI is InChI=1S/C12H24N2O2/c1-11-9-14(5-2-7-16-11)6-3-12-10-15-8-4-13-12/h11-13H,2-10H2,1H3. The molecular formula is C12H24N2O2. The summed E-state index contributed by atoms with van der Waals surface area (Å²) in [7, 11) is 0. The molecule has 0 aliphatic carbocycles. The lowest BCUT2D eigenvalue weighted by Gasteiger charge is -2.27. The number of nitrogens with one attached hydrogen (secondary N) is 1. The molecule has 0 saturated carbocycles. The molecule has 2 heterocycles. The molecule has 0 aromatic carbocycles. The van der Waals surface area contributed by atoms with Crippen LogP contribution in [-0.4, -0.2) is 63.0 Å². The van der Waals surface area contributed by atoms with Crippen molar-refractivity contribution in [2.75, 3.05) is 46.0 Å². The van der Waals surface area contributed by atoms with Crippen molar-refractivity contribution >= 4 is 0 Å². The highest BCUT2D eigenvalue weighted by Gasteiger charge is 2.18. The number of rotatable bonds is 3. The highest BCUT2D eigenvalue weighted by Crippen LogP contribution is 2.07.